The summed E-state index contributed by atoms with van der Waals surface area (Å²) in [6.07, 6.45) is -0.720. The van der Waals surface area contributed by atoms with Crippen LogP contribution in [0, 0.1) is 10.1 Å². The number of rotatable bonds is 6. The molecule has 1 N–H and O–H groups in total. The standard InChI is InChI=1S/C21H18N2O4/c1-15(21(24)22-18-9-11-19(12-10-18)23(25)26)27-20-13-7-17(8-14-20)16-5-3-2-4-6-16/h2-15H,1H3,(H,22,24). The normalized spacial score (nSPS) is 11.4. The van der Waals surface area contributed by atoms with Gasteiger partial charge in [-0.05, 0) is 42.3 Å². The maximum Gasteiger partial charge on any atom is 0.269 e. The van der Waals surface area contributed by atoms with Crippen molar-refractivity contribution in [3.8, 4) is 16.9 Å². The highest BCUT2D eigenvalue weighted by molar-refractivity contribution is 5.94. The third kappa shape index (κ3) is 4.70. The van der Waals surface area contributed by atoms with Gasteiger partial charge in [0, 0.05) is 17.8 Å². The summed E-state index contributed by atoms with van der Waals surface area (Å²) in [6.45, 7) is 1.64. The minimum atomic E-state index is -0.720. The second kappa shape index (κ2) is 8.14. The fraction of sp³-hybridized carbons (Fsp3) is 0.0952. The molecule has 0 radical (unpaired) electrons. The van der Waals surface area contributed by atoms with E-state index in [0.29, 0.717) is 11.4 Å². The van der Waals surface area contributed by atoms with Gasteiger partial charge in [0.15, 0.2) is 6.10 Å². The molecule has 1 atom stereocenters. The highest BCUT2D eigenvalue weighted by Crippen LogP contribution is 2.23. The van der Waals surface area contributed by atoms with E-state index in [1.165, 1.54) is 24.3 Å². The molecule has 0 heterocycles. The minimum absolute atomic E-state index is 0.0317. The smallest absolute Gasteiger partial charge is 0.269 e. The highest BCUT2D eigenvalue weighted by atomic mass is 16.6. The molecule has 0 saturated carbocycles. The third-order valence-corrected chi connectivity index (χ3v) is 3.99. The number of carbonyl (C=O) groups excluding carboxylic acids is 1. The number of nitrogens with zero attached hydrogens (tertiary/aromatic N) is 1. The van der Waals surface area contributed by atoms with Gasteiger partial charge in [0.1, 0.15) is 5.75 Å². The second-order valence-electron chi connectivity index (χ2n) is 5.94. The van der Waals surface area contributed by atoms with Crippen LogP contribution >= 0.6 is 0 Å². The number of benzene rings is 3. The van der Waals surface area contributed by atoms with E-state index in [-0.39, 0.29) is 11.6 Å². The molecular weight excluding hydrogens is 344 g/mol. The van der Waals surface area contributed by atoms with Gasteiger partial charge in [0.2, 0.25) is 0 Å². The van der Waals surface area contributed by atoms with Crippen LogP contribution in [0.15, 0.2) is 78.9 Å². The number of nitro groups is 1. The summed E-state index contributed by atoms with van der Waals surface area (Å²) < 4.78 is 5.68. The Morgan fingerprint density at radius 2 is 1.52 bits per heavy atom. The van der Waals surface area contributed by atoms with Crippen molar-refractivity contribution in [1.82, 2.24) is 0 Å². The summed E-state index contributed by atoms with van der Waals surface area (Å²) in [4.78, 5) is 22.4. The Morgan fingerprint density at radius 3 is 2.11 bits per heavy atom. The summed E-state index contributed by atoms with van der Waals surface area (Å²) in [5.74, 6) is 0.247. The predicted molar refractivity (Wildman–Crippen MR) is 104 cm³/mol. The van der Waals surface area contributed by atoms with E-state index >= 15 is 0 Å². The van der Waals surface area contributed by atoms with Gasteiger partial charge in [0.25, 0.3) is 11.6 Å². The molecule has 0 aliphatic carbocycles. The molecule has 136 valence electrons. The molecule has 0 spiro atoms. The van der Waals surface area contributed by atoms with Crippen molar-refractivity contribution in [2.45, 2.75) is 13.0 Å². The zero-order chi connectivity index (χ0) is 19.2. The van der Waals surface area contributed by atoms with Gasteiger partial charge in [-0.25, -0.2) is 0 Å². The quantitative estimate of drug-likeness (QED) is 0.510. The van der Waals surface area contributed by atoms with Crippen LogP contribution in [0.25, 0.3) is 11.1 Å². The summed E-state index contributed by atoms with van der Waals surface area (Å²) in [6, 6.07) is 23.1. The first-order valence-electron chi connectivity index (χ1n) is 8.40. The van der Waals surface area contributed by atoms with E-state index < -0.39 is 11.0 Å². The Balaban J connectivity index is 1.60. The van der Waals surface area contributed by atoms with Crippen LogP contribution in [-0.2, 0) is 4.79 Å². The van der Waals surface area contributed by atoms with E-state index in [1.807, 2.05) is 54.6 Å². The number of amides is 1. The Labute approximate surface area is 156 Å². The topological polar surface area (TPSA) is 81.5 Å². The lowest BCUT2D eigenvalue weighted by Gasteiger charge is -2.15. The Kier molecular flexibility index (Phi) is 5.47. The number of non-ortho nitro benzene ring substituents is 1. The number of hydrogen-bond acceptors (Lipinski definition) is 4. The van der Waals surface area contributed by atoms with Crippen molar-refractivity contribution in [2.24, 2.45) is 0 Å². The van der Waals surface area contributed by atoms with Gasteiger partial charge in [-0.1, -0.05) is 42.5 Å². The van der Waals surface area contributed by atoms with Gasteiger partial charge in [0.05, 0.1) is 4.92 Å². The Morgan fingerprint density at radius 1 is 0.926 bits per heavy atom. The van der Waals surface area contributed by atoms with E-state index in [2.05, 4.69) is 5.32 Å². The SMILES string of the molecule is CC(Oc1ccc(-c2ccccc2)cc1)C(=O)Nc1ccc([N+](=O)[O-])cc1. The predicted octanol–water partition coefficient (Wildman–Crippen LogP) is 4.67. The summed E-state index contributed by atoms with van der Waals surface area (Å²) >= 11 is 0. The molecule has 0 aliphatic rings. The molecular formula is C21H18N2O4. The molecule has 0 aliphatic heterocycles. The number of nitrogens with one attached hydrogen (secondary N) is 1. The highest BCUT2D eigenvalue weighted by Gasteiger charge is 2.15. The molecule has 3 aromatic carbocycles. The second-order valence-corrected chi connectivity index (χ2v) is 5.94. The third-order valence-electron chi connectivity index (χ3n) is 3.99. The number of anilines is 1. The molecule has 6 heteroatoms. The van der Waals surface area contributed by atoms with Crippen LogP contribution < -0.4 is 10.1 Å². The average Bonchev–Trinajstić information content (AvgIpc) is 2.69. The maximum atomic E-state index is 12.3. The fourth-order valence-corrected chi connectivity index (χ4v) is 2.52. The molecule has 1 amide bonds. The molecule has 1 unspecified atom stereocenters. The molecule has 0 aromatic heterocycles. The molecule has 0 fully saturated rings. The lowest BCUT2D eigenvalue weighted by atomic mass is 10.1. The number of hydrogen-bond donors (Lipinski definition) is 1. The molecule has 3 aromatic rings. The maximum absolute atomic E-state index is 12.3. The van der Waals surface area contributed by atoms with Crippen LogP contribution in [0.4, 0.5) is 11.4 Å². The molecule has 27 heavy (non-hydrogen) atoms. The Bertz CT molecular complexity index is 923. The number of carbonyl (C=O) groups is 1. The van der Waals surface area contributed by atoms with Crippen molar-refractivity contribution < 1.29 is 14.5 Å². The van der Waals surface area contributed by atoms with Crippen LogP contribution in [-0.4, -0.2) is 16.9 Å². The summed E-state index contributed by atoms with van der Waals surface area (Å²) in [5, 5.41) is 13.3. The first-order valence-corrected chi connectivity index (χ1v) is 8.40. The van der Waals surface area contributed by atoms with Crippen LogP contribution in [0.2, 0.25) is 0 Å². The monoisotopic (exact) mass is 362 g/mol. The van der Waals surface area contributed by atoms with Crippen molar-refractivity contribution in [2.75, 3.05) is 5.32 Å². The first kappa shape index (κ1) is 18.1. The van der Waals surface area contributed by atoms with E-state index in [0.717, 1.165) is 11.1 Å². The van der Waals surface area contributed by atoms with Gasteiger partial charge < -0.3 is 10.1 Å². The van der Waals surface area contributed by atoms with Crippen LogP contribution in [0.3, 0.4) is 0 Å². The van der Waals surface area contributed by atoms with Crippen LogP contribution in [0.1, 0.15) is 6.92 Å². The lowest BCUT2D eigenvalue weighted by Crippen LogP contribution is -2.30. The molecule has 0 saturated heterocycles. The Hall–Kier alpha value is -3.67. The largest absolute Gasteiger partial charge is 0.481 e. The average molecular weight is 362 g/mol. The summed E-state index contributed by atoms with van der Waals surface area (Å²) in [7, 11) is 0. The van der Waals surface area contributed by atoms with E-state index in [9.17, 15) is 14.9 Å². The zero-order valence-corrected chi connectivity index (χ0v) is 14.7. The number of nitro benzene ring substituents is 1. The van der Waals surface area contributed by atoms with E-state index in [4.69, 9.17) is 4.74 Å². The van der Waals surface area contributed by atoms with Crippen molar-refractivity contribution in [3.63, 3.8) is 0 Å². The fourth-order valence-electron chi connectivity index (χ4n) is 2.52. The van der Waals surface area contributed by atoms with Crippen molar-refractivity contribution >= 4 is 17.3 Å². The van der Waals surface area contributed by atoms with Gasteiger partial charge >= 0.3 is 0 Å². The molecule has 0 bridgehead atoms. The van der Waals surface area contributed by atoms with Gasteiger partial charge in [-0.15, -0.1) is 0 Å². The first-order chi connectivity index (χ1) is 13.0. The van der Waals surface area contributed by atoms with Gasteiger partial charge in [-0.2, -0.15) is 0 Å². The molecule has 3 rings (SSSR count). The van der Waals surface area contributed by atoms with Crippen LogP contribution in [0.5, 0.6) is 5.75 Å². The van der Waals surface area contributed by atoms with Gasteiger partial charge in [-0.3, -0.25) is 14.9 Å². The molecule has 6 nitrogen and oxygen atoms in total. The minimum Gasteiger partial charge on any atom is -0.481 e. The van der Waals surface area contributed by atoms with E-state index in [1.54, 1.807) is 6.92 Å². The van der Waals surface area contributed by atoms with Crippen molar-refractivity contribution in [3.05, 3.63) is 89.0 Å². The number of ether oxygens (including phenoxy) is 1. The van der Waals surface area contributed by atoms with Crippen molar-refractivity contribution in [1.29, 1.82) is 0 Å². The zero-order valence-electron chi connectivity index (χ0n) is 14.7. The lowest BCUT2D eigenvalue weighted by molar-refractivity contribution is -0.384. The summed E-state index contributed by atoms with van der Waals surface area (Å²) in [5.41, 5.74) is 2.61.